The van der Waals surface area contributed by atoms with E-state index in [9.17, 15) is 14.4 Å². The van der Waals surface area contributed by atoms with Crippen molar-refractivity contribution in [1.29, 1.82) is 5.26 Å². The third kappa shape index (κ3) is 3.58. The number of benzene rings is 2. The van der Waals surface area contributed by atoms with Gasteiger partial charge in [0.05, 0.1) is 22.8 Å². The average molecular weight is 361 g/mol. The van der Waals surface area contributed by atoms with Crippen molar-refractivity contribution in [3.63, 3.8) is 0 Å². The summed E-state index contributed by atoms with van der Waals surface area (Å²) in [6.07, 6.45) is 0.355. The second-order valence-electron chi connectivity index (χ2n) is 6.85. The molecule has 3 amide bonds. The first-order valence-electron chi connectivity index (χ1n) is 8.70. The fourth-order valence-electron chi connectivity index (χ4n) is 3.12. The van der Waals surface area contributed by atoms with E-state index in [1.807, 2.05) is 19.9 Å². The van der Waals surface area contributed by atoms with Crippen LogP contribution >= 0.6 is 0 Å². The molecule has 136 valence electrons. The minimum absolute atomic E-state index is 0.103. The minimum atomic E-state index is -0.909. The zero-order chi connectivity index (χ0) is 19.6. The van der Waals surface area contributed by atoms with Crippen LogP contribution in [0.4, 0.5) is 5.69 Å². The van der Waals surface area contributed by atoms with E-state index in [-0.39, 0.29) is 5.92 Å². The molecule has 0 saturated heterocycles. The van der Waals surface area contributed by atoms with Crippen molar-refractivity contribution in [3.05, 3.63) is 65.2 Å². The standard InChI is InChI=1S/C21H19N3O3/c1-13(2)11-18(19(25)23-15-9-7-14(12-22)8-10-15)24-20(26)16-5-3-4-6-17(16)21(24)27/h3-10,13,18H,11H2,1-2H3,(H,23,25). The molecule has 0 aromatic heterocycles. The highest BCUT2D eigenvalue weighted by molar-refractivity contribution is 6.23. The number of amides is 3. The largest absolute Gasteiger partial charge is 0.324 e. The van der Waals surface area contributed by atoms with E-state index in [0.717, 1.165) is 4.90 Å². The number of nitrogens with one attached hydrogen (secondary N) is 1. The molecule has 0 saturated carbocycles. The Morgan fingerprint density at radius 3 is 2.07 bits per heavy atom. The molecule has 0 aliphatic carbocycles. The number of carbonyl (C=O) groups excluding carboxylic acids is 3. The topological polar surface area (TPSA) is 90.3 Å². The second kappa shape index (κ2) is 7.42. The Kier molecular flexibility index (Phi) is 5.04. The summed E-state index contributed by atoms with van der Waals surface area (Å²) < 4.78 is 0. The minimum Gasteiger partial charge on any atom is -0.324 e. The number of nitriles is 1. The molecule has 0 spiro atoms. The lowest BCUT2D eigenvalue weighted by molar-refractivity contribution is -0.120. The first-order valence-corrected chi connectivity index (χ1v) is 8.70. The maximum atomic E-state index is 12.9. The molecule has 6 heteroatoms. The summed E-state index contributed by atoms with van der Waals surface area (Å²) in [5, 5.41) is 11.6. The number of carbonyl (C=O) groups is 3. The second-order valence-corrected chi connectivity index (χ2v) is 6.85. The van der Waals surface area contributed by atoms with Gasteiger partial charge in [-0.3, -0.25) is 19.3 Å². The van der Waals surface area contributed by atoms with E-state index in [1.165, 1.54) is 0 Å². The van der Waals surface area contributed by atoms with E-state index in [4.69, 9.17) is 5.26 Å². The summed E-state index contributed by atoms with van der Waals surface area (Å²) in [4.78, 5) is 39.5. The Bertz CT molecular complexity index is 907. The Morgan fingerprint density at radius 2 is 1.59 bits per heavy atom. The van der Waals surface area contributed by atoms with Crippen molar-refractivity contribution >= 4 is 23.4 Å². The van der Waals surface area contributed by atoms with Crippen molar-refractivity contribution in [2.75, 3.05) is 5.32 Å². The predicted octanol–water partition coefficient (Wildman–Crippen LogP) is 3.21. The number of imide groups is 1. The van der Waals surface area contributed by atoms with Gasteiger partial charge in [-0.25, -0.2) is 0 Å². The molecule has 0 radical (unpaired) electrons. The van der Waals surface area contributed by atoms with Gasteiger partial charge in [-0.15, -0.1) is 0 Å². The number of anilines is 1. The molecule has 2 aromatic carbocycles. The number of fused-ring (bicyclic) bond motifs is 1. The first-order chi connectivity index (χ1) is 12.9. The Balaban J connectivity index is 1.88. The fourth-order valence-corrected chi connectivity index (χ4v) is 3.12. The Morgan fingerprint density at radius 1 is 1.04 bits per heavy atom. The maximum absolute atomic E-state index is 12.9. The molecule has 3 rings (SSSR count). The predicted molar refractivity (Wildman–Crippen MR) is 100.0 cm³/mol. The van der Waals surface area contributed by atoms with Crippen molar-refractivity contribution in [1.82, 2.24) is 4.90 Å². The average Bonchev–Trinajstić information content (AvgIpc) is 2.91. The molecule has 2 aromatic rings. The lowest BCUT2D eigenvalue weighted by atomic mass is 10.0. The molecule has 1 aliphatic heterocycles. The van der Waals surface area contributed by atoms with Gasteiger partial charge in [-0.2, -0.15) is 5.26 Å². The van der Waals surface area contributed by atoms with Gasteiger partial charge in [0, 0.05) is 5.69 Å². The third-order valence-corrected chi connectivity index (χ3v) is 4.42. The van der Waals surface area contributed by atoms with Crippen LogP contribution < -0.4 is 5.32 Å². The lowest BCUT2D eigenvalue weighted by Gasteiger charge is -2.26. The monoisotopic (exact) mass is 361 g/mol. The quantitative estimate of drug-likeness (QED) is 0.828. The van der Waals surface area contributed by atoms with E-state index < -0.39 is 23.8 Å². The van der Waals surface area contributed by atoms with Crippen molar-refractivity contribution in [3.8, 4) is 6.07 Å². The van der Waals surface area contributed by atoms with Crippen LogP contribution in [0.3, 0.4) is 0 Å². The summed E-state index contributed by atoms with van der Waals surface area (Å²) in [6, 6.07) is 14.1. The highest BCUT2D eigenvalue weighted by Gasteiger charge is 2.42. The van der Waals surface area contributed by atoms with Gasteiger partial charge in [0.2, 0.25) is 5.91 Å². The molecule has 1 unspecified atom stereocenters. The summed E-state index contributed by atoms with van der Waals surface area (Å²) >= 11 is 0. The number of rotatable bonds is 5. The fraction of sp³-hybridized carbons (Fsp3) is 0.238. The van der Waals surface area contributed by atoms with Crippen LogP contribution in [-0.2, 0) is 4.79 Å². The lowest BCUT2D eigenvalue weighted by Crippen LogP contribution is -2.47. The SMILES string of the molecule is CC(C)CC(C(=O)Nc1ccc(C#N)cc1)N1C(=O)c2ccccc2C1=O. The van der Waals surface area contributed by atoms with Crippen LogP contribution in [-0.4, -0.2) is 28.7 Å². The van der Waals surface area contributed by atoms with Crippen LogP contribution in [0, 0.1) is 17.2 Å². The molecule has 1 heterocycles. The van der Waals surface area contributed by atoms with Gasteiger partial charge < -0.3 is 5.32 Å². The molecule has 1 N–H and O–H groups in total. The van der Waals surface area contributed by atoms with Gasteiger partial charge in [-0.05, 0) is 48.7 Å². The van der Waals surface area contributed by atoms with Crippen LogP contribution in [0.1, 0.15) is 46.5 Å². The van der Waals surface area contributed by atoms with Crippen molar-refractivity contribution < 1.29 is 14.4 Å². The molecular formula is C21H19N3O3. The number of hydrogen-bond donors (Lipinski definition) is 1. The van der Waals surface area contributed by atoms with E-state index >= 15 is 0 Å². The molecule has 1 aliphatic rings. The van der Waals surface area contributed by atoms with Crippen LogP contribution in [0.2, 0.25) is 0 Å². The first kappa shape index (κ1) is 18.3. The molecule has 0 fully saturated rings. The summed E-state index contributed by atoms with van der Waals surface area (Å²) in [7, 11) is 0. The number of hydrogen-bond acceptors (Lipinski definition) is 4. The van der Waals surface area contributed by atoms with Gasteiger partial charge in [-0.1, -0.05) is 26.0 Å². The highest BCUT2D eigenvalue weighted by atomic mass is 16.2. The maximum Gasteiger partial charge on any atom is 0.262 e. The normalized spacial score (nSPS) is 14.1. The summed E-state index contributed by atoms with van der Waals surface area (Å²) in [5.41, 5.74) is 1.63. The van der Waals surface area contributed by atoms with E-state index in [1.54, 1.807) is 48.5 Å². The zero-order valence-electron chi connectivity index (χ0n) is 15.1. The van der Waals surface area contributed by atoms with Crippen LogP contribution in [0.25, 0.3) is 0 Å². The van der Waals surface area contributed by atoms with Gasteiger partial charge >= 0.3 is 0 Å². The van der Waals surface area contributed by atoms with Crippen molar-refractivity contribution in [2.45, 2.75) is 26.3 Å². The van der Waals surface area contributed by atoms with Crippen LogP contribution in [0.15, 0.2) is 48.5 Å². The highest BCUT2D eigenvalue weighted by Crippen LogP contribution is 2.27. The van der Waals surface area contributed by atoms with Gasteiger partial charge in [0.25, 0.3) is 11.8 Å². The van der Waals surface area contributed by atoms with Gasteiger partial charge in [0.15, 0.2) is 0 Å². The smallest absolute Gasteiger partial charge is 0.262 e. The number of nitrogens with zero attached hydrogens (tertiary/aromatic N) is 2. The molecule has 1 atom stereocenters. The third-order valence-electron chi connectivity index (χ3n) is 4.42. The zero-order valence-corrected chi connectivity index (χ0v) is 15.1. The molecule has 27 heavy (non-hydrogen) atoms. The Hall–Kier alpha value is -3.46. The summed E-state index contributed by atoms with van der Waals surface area (Å²) in [5.74, 6) is -1.22. The molecular weight excluding hydrogens is 342 g/mol. The Labute approximate surface area is 157 Å². The molecule has 6 nitrogen and oxygen atoms in total. The summed E-state index contributed by atoms with van der Waals surface area (Å²) in [6.45, 7) is 3.86. The van der Waals surface area contributed by atoms with Crippen molar-refractivity contribution in [2.24, 2.45) is 5.92 Å². The van der Waals surface area contributed by atoms with E-state index in [0.29, 0.717) is 28.8 Å². The van der Waals surface area contributed by atoms with Gasteiger partial charge in [0.1, 0.15) is 6.04 Å². The molecule has 0 bridgehead atoms. The van der Waals surface area contributed by atoms with Crippen LogP contribution in [0.5, 0.6) is 0 Å². The van der Waals surface area contributed by atoms with E-state index in [2.05, 4.69) is 5.32 Å².